The highest BCUT2D eigenvalue weighted by molar-refractivity contribution is 6.31. The fraction of sp³-hybridized carbons (Fsp3) is 0.562. The van der Waals surface area contributed by atoms with Crippen LogP contribution < -0.4 is 10.6 Å². The molecule has 116 valence electrons. The number of carbonyl (C=O) groups is 1. The van der Waals surface area contributed by atoms with Crippen molar-refractivity contribution in [2.75, 3.05) is 26.7 Å². The minimum atomic E-state index is 0.0583. The first-order valence-electron chi connectivity index (χ1n) is 7.44. The molecule has 0 unspecified atom stereocenters. The fourth-order valence-electron chi connectivity index (χ4n) is 2.55. The van der Waals surface area contributed by atoms with Crippen molar-refractivity contribution in [3.8, 4) is 0 Å². The lowest BCUT2D eigenvalue weighted by molar-refractivity contribution is -0.122. The average Bonchev–Trinajstić information content (AvgIpc) is 2.49. The van der Waals surface area contributed by atoms with Crippen LogP contribution in [-0.4, -0.2) is 43.0 Å². The Labute approximate surface area is 131 Å². The Kier molecular flexibility index (Phi) is 5.62. The van der Waals surface area contributed by atoms with Crippen molar-refractivity contribution in [2.45, 2.75) is 31.8 Å². The Bertz CT molecular complexity index is 484. The van der Waals surface area contributed by atoms with Crippen molar-refractivity contribution >= 4 is 17.5 Å². The van der Waals surface area contributed by atoms with E-state index in [2.05, 4.69) is 22.5 Å². The van der Waals surface area contributed by atoms with Gasteiger partial charge in [0.05, 0.1) is 6.54 Å². The average molecular weight is 310 g/mol. The molecule has 0 aromatic heterocycles. The third kappa shape index (κ3) is 4.70. The van der Waals surface area contributed by atoms with Crippen molar-refractivity contribution in [3.05, 3.63) is 34.9 Å². The topological polar surface area (TPSA) is 44.4 Å². The van der Waals surface area contributed by atoms with Gasteiger partial charge in [-0.15, -0.1) is 0 Å². The van der Waals surface area contributed by atoms with Crippen molar-refractivity contribution in [1.29, 1.82) is 0 Å². The van der Waals surface area contributed by atoms with E-state index in [0.29, 0.717) is 18.1 Å². The number of piperidine rings is 1. The molecular weight excluding hydrogens is 286 g/mol. The van der Waals surface area contributed by atoms with Gasteiger partial charge in [0.1, 0.15) is 0 Å². The van der Waals surface area contributed by atoms with Crippen LogP contribution in [0.2, 0.25) is 5.02 Å². The summed E-state index contributed by atoms with van der Waals surface area (Å²) < 4.78 is 0. The van der Waals surface area contributed by atoms with Gasteiger partial charge in [0, 0.05) is 30.2 Å². The molecule has 0 aliphatic carbocycles. The summed E-state index contributed by atoms with van der Waals surface area (Å²) in [6.07, 6.45) is 2.14. The van der Waals surface area contributed by atoms with Gasteiger partial charge in [-0.1, -0.05) is 29.8 Å². The highest BCUT2D eigenvalue weighted by atomic mass is 35.5. The quantitative estimate of drug-likeness (QED) is 0.875. The second-order valence-corrected chi connectivity index (χ2v) is 6.36. The first-order chi connectivity index (χ1) is 10.0. The highest BCUT2D eigenvalue weighted by Crippen LogP contribution is 2.20. The molecule has 0 saturated carbocycles. The van der Waals surface area contributed by atoms with Gasteiger partial charge in [-0.05, 0) is 38.4 Å². The van der Waals surface area contributed by atoms with Crippen LogP contribution in [0.5, 0.6) is 0 Å². The van der Waals surface area contributed by atoms with Crippen LogP contribution in [0.25, 0.3) is 0 Å². The summed E-state index contributed by atoms with van der Waals surface area (Å²) in [7, 11) is 2.01. The standard InChI is InChI=1S/C16H24ClN3O/c1-16(18-2)7-9-20(10-8-16)12-15(21)19-11-13-5-3-4-6-14(13)17/h3-6,18H,7-12H2,1-2H3,(H,19,21). The number of rotatable bonds is 5. The molecule has 1 aromatic carbocycles. The minimum Gasteiger partial charge on any atom is -0.351 e. The summed E-state index contributed by atoms with van der Waals surface area (Å²) >= 11 is 6.08. The zero-order valence-corrected chi connectivity index (χ0v) is 13.5. The number of amides is 1. The second-order valence-electron chi connectivity index (χ2n) is 5.95. The monoisotopic (exact) mass is 309 g/mol. The van der Waals surface area contributed by atoms with Crippen LogP contribution in [0.4, 0.5) is 0 Å². The van der Waals surface area contributed by atoms with E-state index in [9.17, 15) is 4.79 Å². The van der Waals surface area contributed by atoms with Crippen LogP contribution in [0.15, 0.2) is 24.3 Å². The van der Waals surface area contributed by atoms with Crippen LogP contribution >= 0.6 is 11.6 Å². The number of nitrogens with one attached hydrogen (secondary N) is 2. The zero-order valence-electron chi connectivity index (χ0n) is 12.8. The van der Waals surface area contributed by atoms with Crippen molar-refractivity contribution in [3.63, 3.8) is 0 Å². The Balaban J connectivity index is 1.75. The maximum absolute atomic E-state index is 12.0. The summed E-state index contributed by atoms with van der Waals surface area (Å²) in [5, 5.41) is 7.00. The largest absolute Gasteiger partial charge is 0.351 e. The normalized spacial score (nSPS) is 18.4. The maximum Gasteiger partial charge on any atom is 0.234 e. The molecule has 1 aromatic rings. The molecule has 5 heteroatoms. The van der Waals surface area contributed by atoms with Crippen LogP contribution in [0.1, 0.15) is 25.3 Å². The Morgan fingerprint density at radius 3 is 2.62 bits per heavy atom. The third-order valence-corrected chi connectivity index (χ3v) is 4.73. The lowest BCUT2D eigenvalue weighted by atomic mass is 9.90. The van der Waals surface area contributed by atoms with Crippen LogP contribution in [0.3, 0.4) is 0 Å². The molecule has 0 bridgehead atoms. The van der Waals surface area contributed by atoms with Crippen LogP contribution in [0, 0.1) is 0 Å². The van der Waals surface area contributed by atoms with Gasteiger partial charge in [-0.25, -0.2) is 0 Å². The van der Waals surface area contributed by atoms with E-state index in [1.165, 1.54) is 0 Å². The molecule has 21 heavy (non-hydrogen) atoms. The summed E-state index contributed by atoms with van der Waals surface area (Å²) in [6, 6.07) is 7.59. The molecule has 1 heterocycles. The van der Waals surface area contributed by atoms with Crippen LogP contribution in [-0.2, 0) is 11.3 Å². The molecule has 4 nitrogen and oxygen atoms in total. The van der Waals surface area contributed by atoms with Gasteiger partial charge in [0.25, 0.3) is 0 Å². The fourth-order valence-corrected chi connectivity index (χ4v) is 2.75. The van der Waals surface area contributed by atoms with Gasteiger partial charge < -0.3 is 10.6 Å². The molecule has 1 saturated heterocycles. The van der Waals surface area contributed by atoms with E-state index in [1.807, 2.05) is 31.3 Å². The predicted octanol–water partition coefficient (Wildman–Crippen LogP) is 2.03. The Hall–Kier alpha value is -1.10. The first-order valence-corrected chi connectivity index (χ1v) is 7.81. The van der Waals surface area contributed by atoms with Gasteiger partial charge >= 0.3 is 0 Å². The molecular formula is C16H24ClN3O. The molecule has 1 fully saturated rings. The number of nitrogens with zero attached hydrogens (tertiary/aromatic N) is 1. The molecule has 0 spiro atoms. The van der Waals surface area contributed by atoms with Gasteiger partial charge in [0.2, 0.25) is 5.91 Å². The van der Waals surface area contributed by atoms with E-state index < -0.39 is 0 Å². The summed E-state index contributed by atoms with van der Waals surface area (Å²) in [5.41, 5.74) is 1.17. The highest BCUT2D eigenvalue weighted by Gasteiger charge is 2.28. The Morgan fingerprint density at radius 2 is 2.00 bits per heavy atom. The summed E-state index contributed by atoms with van der Waals surface area (Å²) in [4.78, 5) is 14.2. The molecule has 2 N–H and O–H groups in total. The van der Waals surface area contributed by atoms with Gasteiger partial charge in [-0.3, -0.25) is 9.69 Å². The Morgan fingerprint density at radius 1 is 1.33 bits per heavy atom. The number of halogens is 1. The predicted molar refractivity (Wildman–Crippen MR) is 86.4 cm³/mol. The maximum atomic E-state index is 12.0. The molecule has 1 aliphatic heterocycles. The van der Waals surface area contributed by atoms with Crippen molar-refractivity contribution in [2.24, 2.45) is 0 Å². The van der Waals surface area contributed by atoms with E-state index in [4.69, 9.17) is 11.6 Å². The molecule has 0 atom stereocenters. The van der Waals surface area contributed by atoms with E-state index in [1.54, 1.807) is 0 Å². The molecule has 1 amide bonds. The molecule has 0 radical (unpaired) electrons. The number of hydrogen-bond acceptors (Lipinski definition) is 3. The van der Waals surface area contributed by atoms with E-state index in [0.717, 1.165) is 31.5 Å². The van der Waals surface area contributed by atoms with E-state index in [-0.39, 0.29) is 11.4 Å². The van der Waals surface area contributed by atoms with Crippen molar-refractivity contribution < 1.29 is 4.79 Å². The first kappa shape index (κ1) is 16.3. The van der Waals surface area contributed by atoms with E-state index >= 15 is 0 Å². The zero-order chi connectivity index (χ0) is 15.3. The molecule has 2 rings (SSSR count). The summed E-state index contributed by atoms with van der Waals surface area (Å²) in [5.74, 6) is 0.0583. The minimum absolute atomic E-state index is 0.0583. The number of likely N-dealkylation sites (tertiary alicyclic amines) is 1. The van der Waals surface area contributed by atoms with Gasteiger partial charge in [-0.2, -0.15) is 0 Å². The number of carbonyl (C=O) groups excluding carboxylic acids is 1. The lowest BCUT2D eigenvalue weighted by Crippen LogP contribution is -2.51. The molecule has 1 aliphatic rings. The lowest BCUT2D eigenvalue weighted by Gasteiger charge is -2.39. The second kappa shape index (κ2) is 7.25. The summed E-state index contributed by atoms with van der Waals surface area (Å²) in [6.45, 7) is 5.10. The van der Waals surface area contributed by atoms with Crippen molar-refractivity contribution in [1.82, 2.24) is 15.5 Å². The third-order valence-electron chi connectivity index (χ3n) is 4.36. The van der Waals surface area contributed by atoms with Gasteiger partial charge in [0.15, 0.2) is 0 Å². The SMILES string of the molecule is CNC1(C)CCN(CC(=O)NCc2ccccc2Cl)CC1. The number of benzene rings is 1. The number of hydrogen-bond donors (Lipinski definition) is 2. The smallest absolute Gasteiger partial charge is 0.234 e.